The summed E-state index contributed by atoms with van der Waals surface area (Å²) in [6.07, 6.45) is 0.0367. The van der Waals surface area contributed by atoms with Gasteiger partial charge in [0.05, 0.1) is 5.30 Å². The van der Waals surface area contributed by atoms with Crippen LogP contribution in [-0.4, -0.2) is 25.8 Å². The summed E-state index contributed by atoms with van der Waals surface area (Å²) in [6.45, 7) is 1.39. The molecule has 2 aromatic rings. The molecular formula is C16H17O6P. The summed E-state index contributed by atoms with van der Waals surface area (Å²) in [5.74, 6) is -0.895. The molecule has 0 fully saturated rings. The van der Waals surface area contributed by atoms with Gasteiger partial charge >= 0.3 is 7.60 Å². The molecule has 1 unspecified atom stereocenters. The van der Waals surface area contributed by atoms with Crippen LogP contribution in [0.3, 0.4) is 0 Å². The minimum atomic E-state index is -4.52. The highest BCUT2D eigenvalue weighted by Crippen LogP contribution is 2.37. The summed E-state index contributed by atoms with van der Waals surface area (Å²) < 4.78 is 11.6. The van der Waals surface area contributed by atoms with Crippen LogP contribution in [0.4, 0.5) is 0 Å². The highest BCUT2D eigenvalue weighted by molar-refractivity contribution is 7.60. The Labute approximate surface area is 133 Å². The first-order chi connectivity index (χ1) is 10.7. The molecule has 0 saturated carbocycles. The standard InChI is InChI=1S/C16H17O6P/c1-10(17)15(11-2-4-13(18)5-3-11)9-12-8-14(19)6-7-16(12)23(20,21)22/h2-8,15,18-19H,9H2,1H3,(H2,20,21,22). The van der Waals surface area contributed by atoms with Crippen LogP contribution in [-0.2, 0) is 15.8 Å². The third-order valence-electron chi connectivity index (χ3n) is 3.59. The number of hydrogen-bond donors (Lipinski definition) is 4. The molecule has 0 aliphatic carbocycles. The summed E-state index contributed by atoms with van der Waals surface area (Å²) in [6, 6.07) is 9.67. The number of phenols is 2. The molecule has 2 aromatic carbocycles. The minimum Gasteiger partial charge on any atom is -0.508 e. The summed E-state index contributed by atoms with van der Waals surface area (Å²) >= 11 is 0. The highest BCUT2D eigenvalue weighted by atomic mass is 31.2. The molecule has 122 valence electrons. The van der Waals surface area contributed by atoms with Gasteiger partial charge in [-0.1, -0.05) is 12.1 Å². The number of carbonyl (C=O) groups excluding carboxylic acids is 1. The Bertz CT molecular complexity index is 763. The molecule has 0 spiro atoms. The molecule has 0 aliphatic heterocycles. The first-order valence-corrected chi connectivity index (χ1v) is 8.47. The monoisotopic (exact) mass is 336 g/mol. The van der Waals surface area contributed by atoms with Crippen LogP contribution in [0.25, 0.3) is 0 Å². The fourth-order valence-corrected chi connectivity index (χ4v) is 3.24. The van der Waals surface area contributed by atoms with Gasteiger partial charge in [0.15, 0.2) is 0 Å². The lowest BCUT2D eigenvalue weighted by atomic mass is 9.89. The lowest BCUT2D eigenvalue weighted by Gasteiger charge is -2.18. The second-order valence-corrected chi connectivity index (χ2v) is 6.89. The summed E-state index contributed by atoms with van der Waals surface area (Å²) in [7, 11) is -4.52. The van der Waals surface area contributed by atoms with E-state index in [0.29, 0.717) is 5.56 Å². The summed E-state index contributed by atoms with van der Waals surface area (Å²) in [5.41, 5.74) is 0.835. The quantitative estimate of drug-likeness (QED) is 0.619. The highest BCUT2D eigenvalue weighted by Gasteiger charge is 2.25. The van der Waals surface area contributed by atoms with Gasteiger partial charge < -0.3 is 20.0 Å². The molecule has 2 rings (SSSR count). The fraction of sp³-hybridized carbons (Fsp3) is 0.188. The fourth-order valence-electron chi connectivity index (χ4n) is 2.44. The maximum absolute atomic E-state index is 12.0. The predicted octanol–water partition coefficient (Wildman–Crippen LogP) is 1.82. The lowest BCUT2D eigenvalue weighted by Crippen LogP contribution is -2.18. The van der Waals surface area contributed by atoms with Gasteiger partial charge in [-0.3, -0.25) is 9.36 Å². The molecule has 7 heteroatoms. The van der Waals surface area contributed by atoms with Gasteiger partial charge in [0, 0.05) is 5.92 Å². The molecule has 23 heavy (non-hydrogen) atoms. The van der Waals surface area contributed by atoms with Crippen molar-refractivity contribution in [3.8, 4) is 11.5 Å². The number of benzene rings is 2. The Morgan fingerprint density at radius 1 is 1.04 bits per heavy atom. The second kappa shape index (κ2) is 6.54. The molecule has 0 saturated heterocycles. The first-order valence-electron chi connectivity index (χ1n) is 6.86. The van der Waals surface area contributed by atoms with Crippen LogP contribution in [0.1, 0.15) is 24.0 Å². The number of rotatable bonds is 5. The van der Waals surface area contributed by atoms with Gasteiger partial charge in [-0.05, 0) is 54.8 Å². The van der Waals surface area contributed by atoms with E-state index in [-0.39, 0.29) is 34.6 Å². The number of Topliss-reactive ketones (excluding diaryl/α,β-unsaturated/α-hetero) is 1. The number of carbonyl (C=O) groups is 1. The first kappa shape index (κ1) is 17.2. The van der Waals surface area contributed by atoms with Crippen molar-refractivity contribution in [3.05, 3.63) is 53.6 Å². The van der Waals surface area contributed by atoms with E-state index in [9.17, 15) is 29.4 Å². The van der Waals surface area contributed by atoms with E-state index in [2.05, 4.69) is 0 Å². The molecular weight excluding hydrogens is 319 g/mol. The third kappa shape index (κ3) is 4.20. The molecule has 0 aliphatic rings. The van der Waals surface area contributed by atoms with Crippen LogP contribution in [0.2, 0.25) is 0 Å². The maximum atomic E-state index is 12.0. The summed E-state index contributed by atoms with van der Waals surface area (Å²) in [4.78, 5) is 30.8. The van der Waals surface area contributed by atoms with Crippen molar-refractivity contribution in [2.75, 3.05) is 0 Å². The number of phenolic OH excluding ortho intramolecular Hbond substituents is 2. The van der Waals surface area contributed by atoms with Crippen molar-refractivity contribution in [2.45, 2.75) is 19.3 Å². The van der Waals surface area contributed by atoms with E-state index in [0.717, 1.165) is 0 Å². The van der Waals surface area contributed by atoms with E-state index >= 15 is 0 Å². The lowest BCUT2D eigenvalue weighted by molar-refractivity contribution is -0.118. The van der Waals surface area contributed by atoms with Gasteiger partial charge in [-0.2, -0.15) is 0 Å². The van der Waals surface area contributed by atoms with Crippen LogP contribution >= 0.6 is 7.60 Å². The predicted molar refractivity (Wildman–Crippen MR) is 85.0 cm³/mol. The normalized spacial score (nSPS) is 12.8. The number of aromatic hydroxyl groups is 2. The Kier molecular flexibility index (Phi) is 4.90. The average Bonchev–Trinajstić information content (AvgIpc) is 2.44. The van der Waals surface area contributed by atoms with Gasteiger partial charge in [0.2, 0.25) is 0 Å². The Morgan fingerprint density at radius 3 is 2.13 bits per heavy atom. The van der Waals surface area contributed by atoms with Crippen molar-refractivity contribution in [2.24, 2.45) is 0 Å². The topological polar surface area (TPSA) is 115 Å². The average molecular weight is 336 g/mol. The minimum absolute atomic E-state index is 0.0367. The smallest absolute Gasteiger partial charge is 0.356 e. The molecule has 0 aromatic heterocycles. The van der Waals surface area contributed by atoms with Crippen molar-refractivity contribution >= 4 is 18.7 Å². The molecule has 6 nitrogen and oxygen atoms in total. The Hall–Kier alpha value is -2.14. The van der Waals surface area contributed by atoms with Crippen LogP contribution in [0.15, 0.2) is 42.5 Å². The van der Waals surface area contributed by atoms with E-state index < -0.39 is 13.5 Å². The Morgan fingerprint density at radius 2 is 1.61 bits per heavy atom. The van der Waals surface area contributed by atoms with Gasteiger partial charge in [-0.15, -0.1) is 0 Å². The van der Waals surface area contributed by atoms with E-state index in [1.165, 1.54) is 37.3 Å². The van der Waals surface area contributed by atoms with Crippen LogP contribution < -0.4 is 5.30 Å². The van der Waals surface area contributed by atoms with Gasteiger partial charge in [-0.25, -0.2) is 0 Å². The molecule has 0 bridgehead atoms. The number of ketones is 1. The SMILES string of the molecule is CC(=O)C(Cc1cc(O)ccc1P(=O)(O)O)c1ccc(O)cc1. The van der Waals surface area contributed by atoms with Crippen molar-refractivity contribution in [1.29, 1.82) is 0 Å². The van der Waals surface area contributed by atoms with E-state index in [1.54, 1.807) is 12.1 Å². The largest absolute Gasteiger partial charge is 0.508 e. The molecule has 0 heterocycles. The van der Waals surface area contributed by atoms with Gasteiger partial charge in [0.25, 0.3) is 0 Å². The van der Waals surface area contributed by atoms with Crippen LogP contribution in [0.5, 0.6) is 11.5 Å². The maximum Gasteiger partial charge on any atom is 0.356 e. The Balaban J connectivity index is 2.45. The summed E-state index contributed by atoms with van der Waals surface area (Å²) in [5, 5.41) is 18.7. The van der Waals surface area contributed by atoms with Crippen molar-refractivity contribution < 1.29 is 29.4 Å². The zero-order valence-electron chi connectivity index (χ0n) is 12.4. The van der Waals surface area contributed by atoms with Crippen molar-refractivity contribution in [3.63, 3.8) is 0 Å². The number of hydrogen-bond acceptors (Lipinski definition) is 4. The zero-order chi connectivity index (χ0) is 17.2. The molecule has 0 radical (unpaired) electrons. The molecule has 0 amide bonds. The van der Waals surface area contributed by atoms with E-state index in [1.807, 2.05) is 0 Å². The molecule has 1 atom stereocenters. The van der Waals surface area contributed by atoms with Gasteiger partial charge in [0.1, 0.15) is 17.3 Å². The second-order valence-electron chi connectivity index (χ2n) is 5.32. The molecule has 4 N–H and O–H groups in total. The zero-order valence-corrected chi connectivity index (χ0v) is 13.3. The van der Waals surface area contributed by atoms with Crippen LogP contribution in [0, 0.1) is 0 Å². The van der Waals surface area contributed by atoms with Crippen molar-refractivity contribution in [1.82, 2.24) is 0 Å². The van der Waals surface area contributed by atoms with E-state index in [4.69, 9.17) is 0 Å². The third-order valence-corrected chi connectivity index (χ3v) is 4.65.